The van der Waals surface area contributed by atoms with Gasteiger partial charge in [-0.3, -0.25) is 0 Å². The van der Waals surface area contributed by atoms with Gasteiger partial charge in [0.25, 0.3) is 0 Å². The van der Waals surface area contributed by atoms with Crippen LogP contribution in [0.1, 0.15) is 30.1 Å². The molecule has 2 heterocycles. The van der Waals surface area contributed by atoms with E-state index in [0.717, 1.165) is 12.8 Å². The summed E-state index contributed by atoms with van der Waals surface area (Å²) in [5.74, 6) is 0.584. The average Bonchev–Trinajstić information content (AvgIpc) is 3.06. The Morgan fingerprint density at radius 1 is 1.45 bits per heavy atom. The molecule has 1 aliphatic carbocycles. The van der Waals surface area contributed by atoms with E-state index in [9.17, 15) is 13.5 Å². The van der Waals surface area contributed by atoms with Crippen LogP contribution >= 0.6 is 0 Å². The standard InChI is InChI=1S/C14H18N2O5S/c1-9-13(10(2)21-16-9)22(18,19)15-8-14(17,11-5-6-11)12-4-3-7-20-12/h3-4,7,11,15,17H,5-6,8H2,1-2H3/t14-/m0/s1. The minimum atomic E-state index is -3.82. The van der Waals surface area contributed by atoms with Crippen molar-refractivity contribution >= 4 is 10.0 Å². The Bertz CT molecular complexity index is 742. The fourth-order valence-electron chi connectivity index (χ4n) is 2.65. The molecule has 22 heavy (non-hydrogen) atoms. The monoisotopic (exact) mass is 326 g/mol. The predicted molar refractivity (Wildman–Crippen MR) is 76.5 cm³/mol. The van der Waals surface area contributed by atoms with Gasteiger partial charge in [-0.05, 0) is 44.7 Å². The lowest BCUT2D eigenvalue weighted by Gasteiger charge is -2.26. The van der Waals surface area contributed by atoms with Gasteiger partial charge in [0.15, 0.2) is 5.76 Å². The largest absolute Gasteiger partial charge is 0.466 e. The maximum atomic E-state index is 12.4. The molecule has 7 nitrogen and oxygen atoms in total. The first kappa shape index (κ1) is 15.3. The third kappa shape index (κ3) is 2.57. The Labute approximate surface area is 128 Å². The molecule has 1 atom stereocenters. The quantitative estimate of drug-likeness (QED) is 0.832. The number of aryl methyl sites for hydroxylation is 2. The molecule has 120 valence electrons. The van der Waals surface area contributed by atoms with Crippen LogP contribution < -0.4 is 4.72 Å². The number of furan rings is 1. The molecule has 0 bridgehead atoms. The van der Waals surface area contributed by atoms with Crippen molar-refractivity contribution in [3.8, 4) is 0 Å². The number of hydrogen-bond donors (Lipinski definition) is 2. The molecule has 0 aliphatic heterocycles. The van der Waals surface area contributed by atoms with Crippen molar-refractivity contribution in [2.45, 2.75) is 37.2 Å². The number of nitrogens with one attached hydrogen (secondary N) is 1. The molecule has 1 fully saturated rings. The van der Waals surface area contributed by atoms with Gasteiger partial charge >= 0.3 is 0 Å². The number of rotatable bonds is 6. The Morgan fingerprint density at radius 3 is 2.68 bits per heavy atom. The SMILES string of the molecule is Cc1noc(C)c1S(=O)(=O)NC[C@@](O)(c1ccco1)C1CC1. The first-order valence-electron chi connectivity index (χ1n) is 7.03. The summed E-state index contributed by atoms with van der Waals surface area (Å²) in [5, 5.41) is 14.5. The molecule has 2 aromatic rings. The van der Waals surface area contributed by atoms with Crippen molar-refractivity contribution in [3.05, 3.63) is 35.6 Å². The highest BCUT2D eigenvalue weighted by Crippen LogP contribution is 2.45. The van der Waals surface area contributed by atoms with Crippen LogP contribution in [-0.2, 0) is 15.6 Å². The van der Waals surface area contributed by atoms with E-state index in [4.69, 9.17) is 8.94 Å². The van der Waals surface area contributed by atoms with Crippen molar-refractivity contribution in [2.75, 3.05) is 6.54 Å². The highest BCUT2D eigenvalue weighted by atomic mass is 32.2. The van der Waals surface area contributed by atoms with E-state index in [1.807, 2.05) is 0 Å². The Morgan fingerprint density at radius 2 is 2.18 bits per heavy atom. The molecule has 8 heteroatoms. The van der Waals surface area contributed by atoms with Gasteiger partial charge < -0.3 is 14.0 Å². The van der Waals surface area contributed by atoms with Crippen LogP contribution in [0, 0.1) is 19.8 Å². The first-order chi connectivity index (χ1) is 10.3. The van der Waals surface area contributed by atoms with E-state index >= 15 is 0 Å². The lowest BCUT2D eigenvalue weighted by atomic mass is 9.95. The van der Waals surface area contributed by atoms with Crippen LogP contribution in [0.3, 0.4) is 0 Å². The number of hydrogen-bond acceptors (Lipinski definition) is 6. The van der Waals surface area contributed by atoms with Gasteiger partial charge in [-0.15, -0.1) is 0 Å². The maximum absolute atomic E-state index is 12.4. The normalized spacial score (nSPS) is 18.3. The zero-order chi connectivity index (χ0) is 16.0. The minimum Gasteiger partial charge on any atom is -0.466 e. The van der Waals surface area contributed by atoms with Gasteiger partial charge in [0.05, 0.1) is 6.26 Å². The molecular formula is C14H18N2O5S. The molecule has 2 N–H and O–H groups in total. The van der Waals surface area contributed by atoms with E-state index in [-0.39, 0.29) is 28.8 Å². The highest BCUT2D eigenvalue weighted by molar-refractivity contribution is 7.89. The number of aromatic nitrogens is 1. The van der Waals surface area contributed by atoms with Crippen LogP contribution in [0.4, 0.5) is 0 Å². The van der Waals surface area contributed by atoms with Crippen molar-refractivity contribution in [3.63, 3.8) is 0 Å². The van der Waals surface area contributed by atoms with Gasteiger partial charge in [-0.1, -0.05) is 5.16 Å². The molecule has 0 unspecified atom stereocenters. The third-order valence-electron chi connectivity index (χ3n) is 3.97. The van der Waals surface area contributed by atoms with E-state index in [1.54, 1.807) is 19.1 Å². The smallest absolute Gasteiger partial charge is 0.246 e. The second-order valence-electron chi connectivity index (χ2n) is 5.65. The van der Waals surface area contributed by atoms with Crippen molar-refractivity contribution in [2.24, 2.45) is 5.92 Å². The lowest BCUT2D eigenvalue weighted by Crippen LogP contribution is -2.42. The summed E-state index contributed by atoms with van der Waals surface area (Å²) >= 11 is 0. The summed E-state index contributed by atoms with van der Waals surface area (Å²) in [6.45, 7) is 2.94. The second-order valence-corrected chi connectivity index (χ2v) is 7.36. The summed E-state index contributed by atoms with van der Waals surface area (Å²) in [6.07, 6.45) is 3.14. The minimum absolute atomic E-state index is 0.00832. The Balaban J connectivity index is 1.84. The molecule has 0 spiro atoms. The average molecular weight is 326 g/mol. The van der Waals surface area contributed by atoms with E-state index in [0.29, 0.717) is 5.76 Å². The maximum Gasteiger partial charge on any atom is 0.246 e. The van der Waals surface area contributed by atoms with Gasteiger partial charge in [-0.25, -0.2) is 13.1 Å². The zero-order valence-corrected chi connectivity index (χ0v) is 13.2. The summed E-state index contributed by atoms with van der Waals surface area (Å²) < 4.78 is 37.5. The van der Waals surface area contributed by atoms with Crippen molar-refractivity contribution < 1.29 is 22.5 Å². The van der Waals surface area contributed by atoms with Crippen LogP contribution in [-0.4, -0.2) is 25.2 Å². The van der Waals surface area contributed by atoms with Crippen LogP contribution in [0.15, 0.2) is 32.2 Å². The van der Waals surface area contributed by atoms with Crippen molar-refractivity contribution in [1.29, 1.82) is 0 Å². The highest BCUT2D eigenvalue weighted by Gasteiger charge is 2.48. The van der Waals surface area contributed by atoms with E-state index in [1.165, 1.54) is 13.2 Å². The molecular weight excluding hydrogens is 308 g/mol. The van der Waals surface area contributed by atoms with Gasteiger partial charge in [0, 0.05) is 6.54 Å². The van der Waals surface area contributed by atoms with Crippen LogP contribution in [0.25, 0.3) is 0 Å². The zero-order valence-electron chi connectivity index (χ0n) is 12.4. The topological polar surface area (TPSA) is 106 Å². The van der Waals surface area contributed by atoms with Gasteiger partial charge in [0.2, 0.25) is 10.0 Å². The Hall–Kier alpha value is -1.64. The van der Waals surface area contributed by atoms with E-state index < -0.39 is 15.6 Å². The summed E-state index contributed by atoms with van der Waals surface area (Å²) in [6, 6.07) is 3.33. The third-order valence-corrected chi connectivity index (χ3v) is 5.61. The number of aliphatic hydroxyl groups is 1. The lowest BCUT2D eigenvalue weighted by molar-refractivity contribution is -0.00225. The fourth-order valence-corrected chi connectivity index (χ4v) is 4.05. The summed E-state index contributed by atoms with van der Waals surface area (Å²) in [4.78, 5) is 0.0186. The molecule has 1 aliphatic rings. The molecule has 0 saturated heterocycles. The fraction of sp³-hybridized carbons (Fsp3) is 0.500. The van der Waals surface area contributed by atoms with Gasteiger partial charge in [-0.2, -0.15) is 0 Å². The first-order valence-corrected chi connectivity index (χ1v) is 8.52. The summed E-state index contributed by atoms with van der Waals surface area (Å²) in [7, 11) is -3.82. The van der Waals surface area contributed by atoms with Crippen LogP contribution in [0.5, 0.6) is 0 Å². The molecule has 1 saturated carbocycles. The molecule has 0 aromatic carbocycles. The second kappa shape index (κ2) is 5.22. The molecule has 0 amide bonds. The van der Waals surface area contributed by atoms with Gasteiger partial charge in [0.1, 0.15) is 22.0 Å². The number of nitrogens with zero attached hydrogens (tertiary/aromatic N) is 1. The van der Waals surface area contributed by atoms with Crippen molar-refractivity contribution in [1.82, 2.24) is 9.88 Å². The summed E-state index contributed by atoms with van der Waals surface area (Å²) in [5.41, 5.74) is -1.05. The molecule has 0 radical (unpaired) electrons. The Kier molecular flexibility index (Phi) is 3.62. The van der Waals surface area contributed by atoms with E-state index in [2.05, 4.69) is 9.88 Å². The molecule has 3 rings (SSSR count). The molecule has 2 aromatic heterocycles. The number of sulfonamides is 1. The van der Waals surface area contributed by atoms with Crippen LogP contribution in [0.2, 0.25) is 0 Å². The predicted octanol–water partition coefficient (Wildman–Crippen LogP) is 1.46.